The van der Waals surface area contributed by atoms with Crippen molar-refractivity contribution in [2.24, 2.45) is 0 Å². The number of aromatic nitrogens is 1. The van der Waals surface area contributed by atoms with Gasteiger partial charge in [0, 0.05) is 16.9 Å². The first-order valence-electron chi connectivity index (χ1n) is 7.73. The van der Waals surface area contributed by atoms with Crippen LogP contribution in [-0.2, 0) is 17.6 Å². The second kappa shape index (κ2) is 6.09. The van der Waals surface area contributed by atoms with Gasteiger partial charge < -0.3 is 10.1 Å². The van der Waals surface area contributed by atoms with Crippen LogP contribution in [0.2, 0.25) is 0 Å². The van der Waals surface area contributed by atoms with Gasteiger partial charge in [0.1, 0.15) is 5.75 Å². The van der Waals surface area contributed by atoms with Gasteiger partial charge in [-0.1, -0.05) is 36.4 Å². The molecule has 0 fully saturated rings. The molecule has 1 amide bonds. The number of amides is 1. The number of hydrogen-bond acceptors (Lipinski definition) is 4. The fourth-order valence-electron chi connectivity index (χ4n) is 2.91. The van der Waals surface area contributed by atoms with Crippen LogP contribution in [0, 0.1) is 0 Å². The minimum atomic E-state index is -0.0547. The van der Waals surface area contributed by atoms with Gasteiger partial charge in [0.05, 0.1) is 19.2 Å². The lowest BCUT2D eigenvalue weighted by atomic mass is 10.1. The summed E-state index contributed by atoms with van der Waals surface area (Å²) in [6.07, 6.45) is 1.22. The van der Waals surface area contributed by atoms with Crippen LogP contribution < -0.4 is 10.1 Å². The fourth-order valence-corrected chi connectivity index (χ4v) is 3.92. The summed E-state index contributed by atoms with van der Waals surface area (Å²) in [5.41, 5.74) is 4.44. The van der Waals surface area contributed by atoms with E-state index in [1.807, 2.05) is 36.4 Å². The second-order valence-corrected chi connectivity index (χ2v) is 6.78. The van der Waals surface area contributed by atoms with Gasteiger partial charge >= 0.3 is 0 Å². The SMILES string of the molecule is COc1ccc(CC(=O)Nc2nc3c(s2)Cc2ccccc2-3)cc1. The van der Waals surface area contributed by atoms with E-state index in [9.17, 15) is 4.79 Å². The maximum Gasteiger partial charge on any atom is 0.230 e. The van der Waals surface area contributed by atoms with E-state index in [2.05, 4.69) is 22.4 Å². The maximum atomic E-state index is 12.2. The Bertz CT molecular complexity index is 900. The van der Waals surface area contributed by atoms with E-state index >= 15 is 0 Å². The molecule has 0 unspecified atom stereocenters. The molecule has 0 saturated carbocycles. The van der Waals surface area contributed by atoms with Crippen LogP contribution in [0.3, 0.4) is 0 Å². The van der Waals surface area contributed by atoms with Gasteiger partial charge in [-0.25, -0.2) is 4.98 Å². The first-order valence-corrected chi connectivity index (χ1v) is 8.55. The molecule has 1 aliphatic carbocycles. The summed E-state index contributed by atoms with van der Waals surface area (Å²) >= 11 is 1.56. The van der Waals surface area contributed by atoms with Crippen LogP contribution in [-0.4, -0.2) is 18.0 Å². The molecule has 0 radical (unpaired) electrons. The topological polar surface area (TPSA) is 51.2 Å². The van der Waals surface area contributed by atoms with E-state index in [1.165, 1.54) is 16.0 Å². The van der Waals surface area contributed by atoms with Crippen LogP contribution in [0.1, 0.15) is 16.0 Å². The summed E-state index contributed by atoms with van der Waals surface area (Å²) in [5.74, 6) is 0.732. The van der Waals surface area contributed by atoms with Crippen molar-refractivity contribution >= 4 is 22.4 Å². The number of nitrogens with zero attached hydrogens (tertiary/aromatic N) is 1. The molecule has 0 spiro atoms. The number of methoxy groups -OCH3 is 1. The molecule has 0 aliphatic heterocycles. The smallest absolute Gasteiger partial charge is 0.230 e. The number of rotatable bonds is 4. The molecule has 24 heavy (non-hydrogen) atoms. The molecule has 4 nitrogen and oxygen atoms in total. The predicted octanol–water partition coefficient (Wildman–Crippen LogP) is 3.90. The van der Waals surface area contributed by atoms with E-state index in [0.717, 1.165) is 23.4 Å². The summed E-state index contributed by atoms with van der Waals surface area (Å²) < 4.78 is 5.12. The monoisotopic (exact) mass is 336 g/mol. The Labute approximate surface area is 144 Å². The largest absolute Gasteiger partial charge is 0.497 e. The van der Waals surface area contributed by atoms with Gasteiger partial charge in [0.2, 0.25) is 5.91 Å². The second-order valence-electron chi connectivity index (χ2n) is 5.70. The number of thiazole rings is 1. The van der Waals surface area contributed by atoms with Crippen molar-refractivity contribution in [2.45, 2.75) is 12.8 Å². The van der Waals surface area contributed by atoms with Crippen LogP contribution in [0.5, 0.6) is 5.75 Å². The molecule has 0 bridgehead atoms. The number of nitrogens with one attached hydrogen (secondary N) is 1. The van der Waals surface area contributed by atoms with Crippen molar-refractivity contribution in [3.05, 3.63) is 64.5 Å². The number of carbonyl (C=O) groups is 1. The average molecular weight is 336 g/mol. The van der Waals surface area contributed by atoms with Crippen molar-refractivity contribution in [3.63, 3.8) is 0 Å². The Balaban J connectivity index is 1.46. The van der Waals surface area contributed by atoms with E-state index < -0.39 is 0 Å². The Morgan fingerprint density at radius 2 is 2.00 bits per heavy atom. The zero-order valence-electron chi connectivity index (χ0n) is 13.2. The van der Waals surface area contributed by atoms with Crippen molar-refractivity contribution < 1.29 is 9.53 Å². The maximum absolute atomic E-state index is 12.2. The lowest BCUT2D eigenvalue weighted by Gasteiger charge is -2.04. The van der Waals surface area contributed by atoms with Crippen molar-refractivity contribution in [2.75, 3.05) is 12.4 Å². The van der Waals surface area contributed by atoms with Crippen LogP contribution in [0.15, 0.2) is 48.5 Å². The first-order chi connectivity index (χ1) is 11.7. The molecule has 1 aromatic heterocycles. The highest BCUT2D eigenvalue weighted by atomic mass is 32.1. The third-order valence-corrected chi connectivity index (χ3v) is 5.06. The van der Waals surface area contributed by atoms with Gasteiger partial charge in [-0.15, -0.1) is 11.3 Å². The molecule has 4 rings (SSSR count). The molecule has 0 saturated heterocycles. The van der Waals surface area contributed by atoms with E-state index in [1.54, 1.807) is 18.4 Å². The first kappa shape index (κ1) is 14.9. The standard InChI is InChI=1S/C19H16N2O2S/c1-23-14-8-6-12(7-9-14)10-17(22)20-19-21-18-15-5-3-2-4-13(15)11-16(18)24-19/h2-9H,10-11H2,1H3,(H,20,21,22). The van der Waals surface area contributed by atoms with Gasteiger partial charge in [-0.3, -0.25) is 4.79 Å². The van der Waals surface area contributed by atoms with Crippen molar-refractivity contribution in [1.82, 2.24) is 4.98 Å². The molecule has 3 aromatic rings. The van der Waals surface area contributed by atoms with Crippen LogP contribution >= 0.6 is 11.3 Å². The summed E-state index contributed by atoms with van der Waals surface area (Å²) in [7, 11) is 1.63. The number of carbonyl (C=O) groups excluding carboxylic acids is 1. The third-order valence-electron chi connectivity index (χ3n) is 4.09. The molecule has 1 N–H and O–H groups in total. The van der Waals surface area contributed by atoms with Gasteiger partial charge in [-0.2, -0.15) is 0 Å². The minimum absolute atomic E-state index is 0.0547. The van der Waals surface area contributed by atoms with Gasteiger partial charge in [0.15, 0.2) is 5.13 Å². The predicted molar refractivity (Wildman–Crippen MR) is 95.7 cm³/mol. The molecule has 5 heteroatoms. The summed E-state index contributed by atoms with van der Waals surface area (Å²) in [4.78, 5) is 18.1. The molecule has 1 aliphatic rings. The molecule has 2 aromatic carbocycles. The number of hydrogen-bond donors (Lipinski definition) is 1. The number of fused-ring (bicyclic) bond motifs is 3. The summed E-state index contributed by atoms with van der Waals surface area (Å²) in [6.45, 7) is 0. The Kier molecular flexibility index (Phi) is 3.78. The minimum Gasteiger partial charge on any atom is -0.497 e. The van der Waals surface area contributed by atoms with E-state index in [0.29, 0.717) is 11.6 Å². The van der Waals surface area contributed by atoms with Crippen LogP contribution in [0.4, 0.5) is 5.13 Å². The Morgan fingerprint density at radius 1 is 1.21 bits per heavy atom. The van der Waals surface area contributed by atoms with E-state index in [-0.39, 0.29) is 5.91 Å². The number of benzene rings is 2. The normalized spacial score (nSPS) is 11.7. The van der Waals surface area contributed by atoms with Crippen molar-refractivity contribution in [1.29, 1.82) is 0 Å². The average Bonchev–Trinajstić information content (AvgIpc) is 3.12. The van der Waals surface area contributed by atoms with Crippen molar-refractivity contribution in [3.8, 4) is 17.0 Å². The summed E-state index contributed by atoms with van der Waals surface area (Å²) in [5, 5.41) is 3.59. The molecule has 120 valence electrons. The quantitative estimate of drug-likeness (QED) is 0.615. The Morgan fingerprint density at radius 3 is 2.79 bits per heavy atom. The fraction of sp³-hybridized carbons (Fsp3) is 0.158. The highest BCUT2D eigenvalue weighted by Crippen LogP contribution is 2.40. The molecule has 1 heterocycles. The van der Waals surface area contributed by atoms with Gasteiger partial charge in [-0.05, 0) is 23.3 Å². The third kappa shape index (κ3) is 2.78. The van der Waals surface area contributed by atoms with Crippen LogP contribution in [0.25, 0.3) is 11.3 Å². The summed E-state index contributed by atoms with van der Waals surface area (Å²) in [6, 6.07) is 15.8. The molecular weight excluding hydrogens is 320 g/mol. The Hall–Kier alpha value is -2.66. The number of ether oxygens (including phenoxy) is 1. The van der Waals surface area contributed by atoms with Gasteiger partial charge in [0.25, 0.3) is 0 Å². The lowest BCUT2D eigenvalue weighted by Crippen LogP contribution is -2.14. The zero-order valence-corrected chi connectivity index (χ0v) is 14.0. The number of anilines is 1. The highest BCUT2D eigenvalue weighted by molar-refractivity contribution is 7.16. The highest BCUT2D eigenvalue weighted by Gasteiger charge is 2.23. The van der Waals surface area contributed by atoms with E-state index in [4.69, 9.17) is 4.74 Å². The lowest BCUT2D eigenvalue weighted by molar-refractivity contribution is -0.115. The zero-order chi connectivity index (χ0) is 16.5. The molecular formula is C19H16N2O2S. The molecule has 0 atom stereocenters.